The maximum Gasteiger partial charge on any atom is 0.394 e. The highest BCUT2D eigenvalue weighted by Crippen LogP contribution is 2.47. The Hall–Kier alpha value is -3.34. The van der Waals surface area contributed by atoms with Crippen LogP contribution in [0.3, 0.4) is 0 Å². The van der Waals surface area contributed by atoms with Crippen molar-refractivity contribution in [3.05, 3.63) is 70.9 Å². The van der Waals surface area contributed by atoms with Gasteiger partial charge in [-0.1, -0.05) is 38.1 Å². The molecule has 0 aliphatic heterocycles. The number of aryl methyl sites for hydroxylation is 4. The summed E-state index contributed by atoms with van der Waals surface area (Å²) in [5, 5.41) is 5.22. The first-order valence-corrected chi connectivity index (χ1v) is 12.0. The molecule has 0 unspecified atom stereocenters. The van der Waals surface area contributed by atoms with Crippen LogP contribution < -0.4 is 4.57 Å². The summed E-state index contributed by atoms with van der Waals surface area (Å²) in [4.78, 5) is 0. The molecule has 0 radical (unpaired) electrons. The minimum Gasteiger partial charge on any atom is -0.307 e. The fourth-order valence-corrected chi connectivity index (χ4v) is 5.99. The Kier molecular flexibility index (Phi) is 4.35. The van der Waals surface area contributed by atoms with Crippen LogP contribution in [0.4, 0.5) is 13.2 Å². The van der Waals surface area contributed by atoms with Crippen LogP contribution in [-0.2, 0) is 13.5 Å². The van der Waals surface area contributed by atoms with Gasteiger partial charge in [-0.2, -0.15) is 13.2 Å². The zero-order valence-electron chi connectivity index (χ0n) is 20.9. The summed E-state index contributed by atoms with van der Waals surface area (Å²) in [5.41, 5.74) is 6.83. The highest BCUT2D eigenvalue weighted by atomic mass is 19.4. The first-order chi connectivity index (χ1) is 16.4. The number of rotatable bonds is 2. The Labute approximate surface area is 201 Å². The quantitative estimate of drug-likeness (QED) is 0.137. The fourth-order valence-electron chi connectivity index (χ4n) is 5.99. The van der Waals surface area contributed by atoms with Crippen molar-refractivity contribution >= 4 is 49.0 Å². The van der Waals surface area contributed by atoms with Crippen molar-refractivity contribution in [1.29, 1.82) is 0 Å². The van der Waals surface area contributed by atoms with Crippen LogP contribution in [0.1, 0.15) is 36.1 Å². The second-order valence-electron chi connectivity index (χ2n) is 10.8. The highest BCUT2D eigenvalue weighted by molar-refractivity contribution is 6.28. The molecule has 0 N–H and O–H groups in total. The molecular weight excluding hydrogens is 445 g/mol. The van der Waals surface area contributed by atoms with Crippen LogP contribution in [-0.4, -0.2) is 10.6 Å². The van der Waals surface area contributed by atoms with Gasteiger partial charge in [0, 0.05) is 16.8 Å². The van der Waals surface area contributed by atoms with Crippen molar-refractivity contribution in [3.8, 4) is 0 Å². The van der Waals surface area contributed by atoms with Crippen molar-refractivity contribution in [2.24, 2.45) is 12.5 Å². The third kappa shape index (κ3) is 2.81. The zero-order valence-corrected chi connectivity index (χ0v) is 20.9. The summed E-state index contributed by atoms with van der Waals surface area (Å²) in [6, 6.07) is 14.4. The van der Waals surface area contributed by atoms with Gasteiger partial charge in [-0.3, -0.25) is 0 Å². The van der Waals surface area contributed by atoms with E-state index in [9.17, 15) is 13.2 Å². The van der Waals surface area contributed by atoms with Crippen LogP contribution >= 0.6 is 0 Å². The molecule has 0 aliphatic carbocycles. The lowest BCUT2D eigenvalue weighted by atomic mass is 9.82. The number of hydrogen-bond acceptors (Lipinski definition) is 0. The van der Waals surface area contributed by atoms with Gasteiger partial charge >= 0.3 is 6.18 Å². The van der Waals surface area contributed by atoms with Gasteiger partial charge in [-0.15, -0.1) is 0 Å². The lowest BCUT2D eigenvalue weighted by molar-refractivity contribution is -0.643. The Morgan fingerprint density at radius 2 is 1.57 bits per heavy atom. The van der Waals surface area contributed by atoms with Gasteiger partial charge in [0.1, 0.15) is 7.05 Å². The Morgan fingerprint density at radius 3 is 2.29 bits per heavy atom. The van der Waals surface area contributed by atoms with Gasteiger partial charge in [0.2, 0.25) is 5.52 Å². The number of hydrogen-bond donors (Lipinski definition) is 0. The van der Waals surface area contributed by atoms with Gasteiger partial charge in [0.05, 0.1) is 32.7 Å². The lowest BCUT2D eigenvalue weighted by Gasteiger charge is -2.28. The molecule has 0 saturated carbocycles. The maximum atomic E-state index is 14.0. The van der Waals surface area contributed by atoms with Crippen molar-refractivity contribution in [2.45, 2.75) is 47.2 Å². The van der Waals surface area contributed by atoms with Crippen molar-refractivity contribution in [3.63, 3.8) is 0 Å². The minimum absolute atomic E-state index is 0.0773. The van der Waals surface area contributed by atoms with E-state index < -0.39 is 11.6 Å². The standard InChI is InChI=1S/C30H28F3N2/c1-16-13-17(2)26-23(18(16)3)27-25-19(11-12-34(27)6)14-20(15-29(4,5)30(31,32)33)24-21-9-7-8-10-22(21)35(26)28(24)25/h7-14H,15H2,1-6H3/q+1. The molecule has 0 atom stereocenters. The number of pyridine rings is 2. The predicted octanol–water partition coefficient (Wildman–Crippen LogP) is 7.87. The van der Waals surface area contributed by atoms with E-state index in [4.69, 9.17) is 0 Å². The van der Waals surface area contributed by atoms with E-state index in [0.29, 0.717) is 0 Å². The summed E-state index contributed by atoms with van der Waals surface area (Å²) in [7, 11) is 2.06. The molecule has 3 aromatic heterocycles. The molecule has 178 valence electrons. The van der Waals surface area contributed by atoms with Crippen LogP contribution in [0.25, 0.3) is 49.0 Å². The van der Waals surface area contributed by atoms with E-state index in [1.54, 1.807) is 0 Å². The molecule has 3 aromatic carbocycles. The molecule has 0 bridgehead atoms. The molecular formula is C30H28F3N2+. The number of aromatic nitrogens is 2. The smallest absolute Gasteiger partial charge is 0.307 e. The van der Waals surface area contributed by atoms with Gasteiger partial charge in [0.25, 0.3) is 0 Å². The molecule has 5 heteroatoms. The van der Waals surface area contributed by atoms with Crippen LogP contribution in [0.15, 0.2) is 48.7 Å². The molecule has 6 rings (SSSR count). The zero-order chi connectivity index (χ0) is 25.0. The molecule has 2 nitrogen and oxygen atoms in total. The fraction of sp³-hybridized carbons (Fsp3) is 0.300. The molecule has 3 heterocycles. The normalized spacial score (nSPS) is 13.4. The summed E-state index contributed by atoms with van der Waals surface area (Å²) in [5.74, 6) is 0. The molecule has 35 heavy (non-hydrogen) atoms. The predicted molar refractivity (Wildman–Crippen MR) is 138 cm³/mol. The van der Waals surface area contributed by atoms with Gasteiger partial charge in [-0.25, -0.2) is 4.57 Å². The Bertz CT molecular complexity index is 1820. The van der Waals surface area contributed by atoms with E-state index in [0.717, 1.165) is 54.7 Å². The molecule has 0 spiro atoms. The van der Waals surface area contributed by atoms with Gasteiger partial charge in [-0.05, 0) is 67.0 Å². The molecule has 0 fully saturated rings. The van der Waals surface area contributed by atoms with E-state index >= 15 is 0 Å². The SMILES string of the molecule is Cc1cc(C)c2c(c1C)c1c3c(cc[n+]1C)cc(CC(C)(C)C(F)(F)F)c1c4ccccc4n2c13. The third-order valence-corrected chi connectivity index (χ3v) is 7.99. The molecule has 6 aromatic rings. The molecule has 0 amide bonds. The largest absolute Gasteiger partial charge is 0.394 e. The Morgan fingerprint density at radius 1 is 0.857 bits per heavy atom. The van der Waals surface area contributed by atoms with Crippen molar-refractivity contribution in [1.82, 2.24) is 4.40 Å². The number of fused-ring (bicyclic) bond motifs is 6. The second-order valence-corrected chi connectivity index (χ2v) is 10.8. The van der Waals surface area contributed by atoms with Crippen LogP contribution in [0.2, 0.25) is 0 Å². The van der Waals surface area contributed by atoms with Crippen LogP contribution in [0.5, 0.6) is 0 Å². The average molecular weight is 474 g/mol. The lowest BCUT2D eigenvalue weighted by Crippen LogP contribution is -2.34. The van der Waals surface area contributed by atoms with E-state index in [2.05, 4.69) is 48.9 Å². The number of para-hydroxylation sites is 1. The van der Waals surface area contributed by atoms with Crippen molar-refractivity contribution in [2.75, 3.05) is 0 Å². The second kappa shape index (κ2) is 6.87. The van der Waals surface area contributed by atoms with Gasteiger partial charge in [0.15, 0.2) is 6.20 Å². The summed E-state index contributed by atoms with van der Waals surface area (Å²) < 4.78 is 46.5. The third-order valence-electron chi connectivity index (χ3n) is 7.99. The van der Waals surface area contributed by atoms with Crippen molar-refractivity contribution < 1.29 is 17.7 Å². The van der Waals surface area contributed by atoms with E-state index in [1.807, 2.05) is 36.5 Å². The number of nitrogens with zero attached hydrogens (tertiary/aromatic N) is 2. The summed E-state index contributed by atoms with van der Waals surface area (Å²) in [6.07, 6.45) is -2.34. The highest BCUT2D eigenvalue weighted by Gasteiger charge is 2.47. The number of alkyl halides is 3. The summed E-state index contributed by atoms with van der Waals surface area (Å²) >= 11 is 0. The maximum absolute atomic E-state index is 14.0. The number of halogens is 3. The number of benzene rings is 3. The topological polar surface area (TPSA) is 8.29 Å². The Balaban J connectivity index is 1.96. The molecule has 0 aliphatic rings. The first kappa shape index (κ1) is 22.1. The van der Waals surface area contributed by atoms with Crippen LogP contribution in [0, 0.1) is 26.2 Å². The first-order valence-electron chi connectivity index (χ1n) is 12.0. The monoisotopic (exact) mass is 473 g/mol. The van der Waals surface area contributed by atoms with E-state index in [-0.39, 0.29) is 6.42 Å². The summed E-state index contributed by atoms with van der Waals surface area (Å²) in [6.45, 7) is 9.05. The van der Waals surface area contributed by atoms with E-state index in [1.165, 1.54) is 30.4 Å². The minimum atomic E-state index is -4.30. The van der Waals surface area contributed by atoms with Gasteiger partial charge < -0.3 is 4.40 Å². The average Bonchev–Trinajstić information content (AvgIpc) is 3.12. The molecule has 0 saturated heterocycles.